The van der Waals surface area contributed by atoms with Crippen LogP contribution in [0.4, 0.5) is 4.39 Å². The van der Waals surface area contributed by atoms with Crippen LogP contribution in [0.15, 0.2) is 18.5 Å². The van der Waals surface area contributed by atoms with Crippen LogP contribution in [0, 0.1) is 5.82 Å². The van der Waals surface area contributed by atoms with Gasteiger partial charge < -0.3 is 10.6 Å². The smallest absolute Gasteiger partial charge is 0.255 e. The molecular weight excluding hydrogens is 233 g/mol. The molecule has 0 saturated carbocycles. The molecule has 0 radical (unpaired) electrons. The van der Waals surface area contributed by atoms with Gasteiger partial charge in [0.05, 0.1) is 11.8 Å². The molecule has 0 bridgehead atoms. The third kappa shape index (κ3) is 3.50. The van der Waals surface area contributed by atoms with E-state index in [0.717, 1.165) is 19.0 Å². The summed E-state index contributed by atoms with van der Waals surface area (Å²) in [4.78, 5) is 17.7. The average Bonchev–Trinajstić information content (AvgIpc) is 2.38. The van der Waals surface area contributed by atoms with Crippen LogP contribution >= 0.6 is 0 Å². The molecule has 0 aromatic carbocycles. The maximum absolute atomic E-state index is 13.1. The van der Waals surface area contributed by atoms with E-state index in [0.29, 0.717) is 13.1 Å². The second kappa shape index (κ2) is 7.06. The van der Waals surface area contributed by atoms with Crippen LogP contribution in [-0.2, 0) is 0 Å². The first-order valence-electron chi connectivity index (χ1n) is 6.25. The predicted octanol–water partition coefficient (Wildman–Crippen LogP) is 1.81. The first kappa shape index (κ1) is 14.6. The van der Waals surface area contributed by atoms with E-state index in [1.54, 1.807) is 4.90 Å². The van der Waals surface area contributed by atoms with E-state index in [4.69, 9.17) is 5.73 Å². The fraction of sp³-hybridized carbons (Fsp3) is 0.538. The van der Waals surface area contributed by atoms with Gasteiger partial charge in [-0.05, 0) is 18.9 Å². The Hall–Kier alpha value is -1.49. The summed E-state index contributed by atoms with van der Waals surface area (Å²) in [6.07, 6.45) is 4.18. The molecule has 0 saturated heterocycles. The summed E-state index contributed by atoms with van der Waals surface area (Å²) in [5.41, 5.74) is 5.81. The highest BCUT2D eigenvalue weighted by atomic mass is 19.1. The van der Waals surface area contributed by atoms with E-state index in [1.165, 1.54) is 12.3 Å². The number of carbonyl (C=O) groups excluding carboxylic acids is 1. The fourth-order valence-electron chi connectivity index (χ4n) is 2.01. The van der Waals surface area contributed by atoms with E-state index >= 15 is 0 Å². The largest absolute Gasteiger partial charge is 0.334 e. The number of aromatic nitrogens is 1. The lowest BCUT2D eigenvalue weighted by molar-refractivity contribution is 0.0673. The molecule has 5 heteroatoms. The number of nitrogens with zero attached hydrogens (tertiary/aromatic N) is 2. The summed E-state index contributed by atoms with van der Waals surface area (Å²) in [5.74, 6) is -0.709. The number of hydrogen-bond acceptors (Lipinski definition) is 3. The van der Waals surface area contributed by atoms with Crippen LogP contribution in [0.25, 0.3) is 0 Å². The van der Waals surface area contributed by atoms with Crippen molar-refractivity contribution >= 4 is 5.91 Å². The Bertz CT molecular complexity index is 394. The topological polar surface area (TPSA) is 59.2 Å². The van der Waals surface area contributed by atoms with Crippen molar-refractivity contribution in [3.05, 3.63) is 29.8 Å². The van der Waals surface area contributed by atoms with Crippen molar-refractivity contribution in [1.82, 2.24) is 9.88 Å². The number of halogens is 1. The van der Waals surface area contributed by atoms with Gasteiger partial charge in [-0.1, -0.05) is 13.8 Å². The first-order valence-corrected chi connectivity index (χ1v) is 6.25. The average molecular weight is 253 g/mol. The minimum atomic E-state index is -0.502. The number of pyridine rings is 1. The van der Waals surface area contributed by atoms with Gasteiger partial charge in [-0.2, -0.15) is 0 Å². The lowest BCUT2D eigenvalue weighted by Crippen LogP contribution is -2.42. The van der Waals surface area contributed by atoms with Gasteiger partial charge in [-0.15, -0.1) is 0 Å². The van der Waals surface area contributed by atoms with Gasteiger partial charge in [0, 0.05) is 25.3 Å². The van der Waals surface area contributed by atoms with Crippen molar-refractivity contribution in [2.24, 2.45) is 5.73 Å². The Labute approximate surface area is 107 Å². The van der Waals surface area contributed by atoms with Gasteiger partial charge in [0.2, 0.25) is 0 Å². The summed E-state index contributed by atoms with van der Waals surface area (Å²) in [5, 5.41) is 0. The molecule has 2 N–H and O–H groups in total. The second-order valence-corrected chi connectivity index (χ2v) is 4.15. The van der Waals surface area contributed by atoms with Crippen molar-refractivity contribution in [2.75, 3.05) is 13.1 Å². The molecule has 1 aromatic rings. The molecule has 4 nitrogen and oxygen atoms in total. The van der Waals surface area contributed by atoms with Crippen molar-refractivity contribution in [1.29, 1.82) is 0 Å². The number of rotatable bonds is 6. The van der Waals surface area contributed by atoms with Gasteiger partial charge in [-0.3, -0.25) is 9.78 Å². The molecular formula is C13H20FN3O. The molecule has 0 aliphatic rings. The van der Waals surface area contributed by atoms with E-state index in [-0.39, 0.29) is 17.5 Å². The maximum atomic E-state index is 13.1. The third-order valence-corrected chi connectivity index (χ3v) is 2.97. The van der Waals surface area contributed by atoms with Crippen molar-refractivity contribution in [2.45, 2.75) is 32.7 Å². The summed E-state index contributed by atoms with van der Waals surface area (Å²) < 4.78 is 13.1. The second-order valence-electron chi connectivity index (χ2n) is 4.15. The highest BCUT2D eigenvalue weighted by Crippen LogP contribution is 2.13. The normalized spacial score (nSPS) is 10.7. The van der Waals surface area contributed by atoms with Gasteiger partial charge in [0.15, 0.2) is 0 Å². The van der Waals surface area contributed by atoms with Gasteiger partial charge >= 0.3 is 0 Å². The number of carbonyl (C=O) groups is 1. The van der Waals surface area contributed by atoms with Gasteiger partial charge in [0.25, 0.3) is 5.91 Å². The Kier molecular flexibility index (Phi) is 5.71. The molecule has 100 valence electrons. The molecule has 1 heterocycles. The quantitative estimate of drug-likeness (QED) is 0.841. The molecule has 18 heavy (non-hydrogen) atoms. The van der Waals surface area contributed by atoms with Crippen LogP contribution in [-0.4, -0.2) is 34.9 Å². The highest BCUT2D eigenvalue weighted by Gasteiger charge is 2.22. The molecule has 0 fully saturated rings. The number of amides is 1. The number of hydrogen-bond donors (Lipinski definition) is 1. The summed E-state index contributed by atoms with van der Waals surface area (Å²) in [6, 6.07) is 1.34. The van der Waals surface area contributed by atoms with E-state index in [9.17, 15) is 9.18 Å². The summed E-state index contributed by atoms with van der Waals surface area (Å²) in [7, 11) is 0. The third-order valence-electron chi connectivity index (χ3n) is 2.97. The minimum absolute atomic E-state index is 0.129. The molecule has 1 aromatic heterocycles. The zero-order valence-electron chi connectivity index (χ0n) is 10.9. The molecule has 0 spiro atoms. The zero-order chi connectivity index (χ0) is 13.5. The standard InChI is InChI=1S/C13H20FN3O/c1-3-12(4-2)17(6-5-15)13(18)10-7-11(14)9-16-8-10/h7-9,12H,3-6,15H2,1-2H3. The Morgan fingerprint density at radius 1 is 1.44 bits per heavy atom. The van der Waals surface area contributed by atoms with Crippen LogP contribution in [0.1, 0.15) is 37.0 Å². The van der Waals surface area contributed by atoms with Crippen LogP contribution in [0.3, 0.4) is 0 Å². The zero-order valence-corrected chi connectivity index (χ0v) is 10.9. The summed E-state index contributed by atoms with van der Waals surface area (Å²) in [6.45, 7) is 4.91. The molecule has 0 aliphatic heterocycles. The van der Waals surface area contributed by atoms with E-state index in [2.05, 4.69) is 4.98 Å². The van der Waals surface area contributed by atoms with E-state index < -0.39 is 5.82 Å². The van der Waals surface area contributed by atoms with Gasteiger partial charge in [-0.25, -0.2) is 4.39 Å². The van der Waals surface area contributed by atoms with E-state index in [1.807, 2.05) is 13.8 Å². The van der Waals surface area contributed by atoms with Crippen LogP contribution in [0.5, 0.6) is 0 Å². The van der Waals surface area contributed by atoms with Crippen molar-refractivity contribution in [3.63, 3.8) is 0 Å². The number of nitrogens with two attached hydrogens (primary N) is 1. The van der Waals surface area contributed by atoms with Crippen molar-refractivity contribution in [3.8, 4) is 0 Å². The Morgan fingerprint density at radius 2 is 2.11 bits per heavy atom. The lowest BCUT2D eigenvalue weighted by Gasteiger charge is -2.30. The predicted molar refractivity (Wildman–Crippen MR) is 68.7 cm³/mol. The molecule has 1 amide bonds. The monoisotopic (exact) mass is 253 g/mol. The van der Waals surface area contributed by atoms with Crippen LogP contribution < -0.4 is 5.73 Å². The van der Waals surface area contributed by atoms with Crippen LogP contribution in [0.2, 0.25) is 0 Å². The molecule has 0 atom stereocenters. The first-order chi connectivity index (χ1) is 8.63. The Morgan fingerprint density at radius 3 is 2.61 bits per heavy atom. The van der Waals surface area contributed by atoms with Gasteiger partial charge in [0.1, 0.15) is 5.82 Å². The van der Waals surface area contributed by atoms with Crippen molar-refractivity contribution < 1.29 is 9.18 Å². The summed E-state index contributed by atoms with van der Waals surface area (Å²) >= 11 is 0. The molecule has 0 unspecified atom stereocenters. The molecule has 0 aliphatic carbocycles. The molecule has 1 rings (SSSR count). The SMILES string of the molecule is CCC(CC)N(CCN)C(=O)c1cncc(F)c1. The lowest BCUT2D eigenvalue weighted by atomic mass is 10.1. The minimum Gasteiger partial charge on any atom is -0.334 e. The highest BCUT2D eigenvalue weighted by molar-refractivity contribution is 5.94. The fourth-order valence-corrected chi connectivity index (χ4v) is 2.01. The Balaban J connectivity index is 2.95. The maximum Gasteiger partial charge on any atom is 0.255 e.